The molecular formula is C15H21N3O4. The van der Waals surface area contributed by atoms with E-state index in [0.717, 1.165) is 11.3 Å². The second kappa shape index (κ2) is 5.47. The monoisotopic (exact) mass is 307 g/mol. The molecule has 2 heterocycles. The molecular weight excluding hydrogens is 286 g/mol. The minimum absolute atomic E-state index is 0.315. The number of hydrogen-bond donors (Lipinski definition) is 2. The van der Waals surface area contributed by atoms with Gasteiger partial charge >= 0.3 is 6.03 Å². The van der Waals surface area contributed by atoms with Gasteiger partial charge in [-0.2, -0.15) is 0 Å². The molecule has 1 saturated heterocycles. The van der Waals surface area contributed by atoms with E-state index in [2.05, 4.69) is 10.6 Å². The fourth-order valence-electron chi connectivity index (χ4n) is 2.22. The smallest absolute Gasteiger partial charge is 0.325 e. The van der Waals surface area contributed by atoms with Crippen LogP contribution in [0.15, 0.2) is 22.8 Å². The molecule has 4 amide bonds. The SMILES string of the molecule is CCC(C)(C)NC(=O)CN1C(=O)NC(C)(c2ccco2)C1=O. The summed E-state index contributed by atoms with van der Waals surface area (Å²) in [6.45, 7) is 6.94. The highest BCUT2D eigenvalue weighted by Gasteiger charge is 2.51. The Morgan fingerprint density at radius 3 is 2.68 bits per heavy atom. The van der Waals surface area contributed by atoms with Gasteiger partial charge in [0.25, 0.3) is 5.91 Å². The number of amides is 4. The molecule has 22 heavy (non-hydrogen) atoms. The first-order valence-electron chi connectivity index (χ1n) is 7.19. The number of nitrogens with zero attached hydrogens (tertiary/aromatic N) is 1. The van der Waals surface area contributed by atoms with Gasteiger partial charge in [0.15, 0.2) is 5.54 Å². The summed E-state index contributed by atoms with van der Waals surface area (Å²) in [5.74, 6) is -0.543. The largest absolute Gasteiger partial charge is 0.466 e. The predicted octanol–water partition coefficient (Wildman–Crippen LogP) is 1.35. The van der Waals surface area contributed by atoms with Gasteiger partial charge in [-0.25, -0.2) is 4.79 Å². The van der Waals surface area contributed by atoms with E-state index >= 15 is 0 Å². The minimum Gasteiger partial charge on any atom is -0.466 e. The zero-order valence-electron chi connectivity index (χ0n) is 13.2. The number of urea groups is 1. The predicted molar refractivity (Wildman–Crippen MR) is 78.8 cm³/mol. The molecule has 0 bridgehead atoms. The van der Waals surface area contributed by atoms with Crippen molar-refractivity contribution in [1.82, 2.24) is 15.5 Å². The Kier molecular flexibility index (Phi) is 4.00. The van der Waals surface area contributed by atoms with E-state index in [0.29, 0.717) is 5.76 Å². The van der Waals surface area contributed by atoms with Gasteiger partial charge in [-0.15, -0.1) is 0 Å². The normalized spacial score (nSPS) is 21.9. The van der Waals surface area contributed by atoms with Crippen LogP contribution in [0.3, 0.4) is 0 Å². The van der Waals surface area contributed by atoms with Crippen LogP contribution in [0, 0.1) is 0 Å². The van der Waals surface area contributed by atoms with E-state index in [4.69, 9.17) is 4.42 Å². The van der Waals surface area contributed by atoms with Crippen LogP contribution in [0.25, 0.3) is 0 Å². The van der Waals surface area contributed by atoms with E-state index in [1.807, 2.05) is 20.8 Å². The van der Waals surface area contributed by atoms with E-state index in [1.54, 1.807) is 19.1 Å². The third-order valence-electron chi connectivity index (χ3n) is 3.95. The van der Waals surface area contributed by atoms with Crippen LogP contribution in [-0.4, -0.2) is 34.8 Å². The Labute approximate surface area is 129 Å². The molecule has 1 aliphatic rings. The van der Waals surface area contributed by atoms with Crippen LogP contribution in [0.4, 0.5) is 4.79 Å². The molecule has 7 heteroatoms. The maximum atomic E-state index is 12.5. The minimum atomic E-state index is -1.28. The number of imide groups is 1. The highest BCUT2D eigenvalue weighted by atomic mass is 16.3. The van der Waals surface area contributed by atoms with Gasteiger partial charge in [0.1, 0.15) is 12.3 Å². The molecule has 0 spiro atoms. The molecule has 0 radical (unpaired) electrons. The van der Waals surface area contributed by atoms with Crippen LogP contribution >= 0.6 is 0 Å². The molecule has 1 aromatic rings. The van der Waals surface area contributed by atoms with Crippen LogP contribution in [-0.2, 0) is 15.1 Å². The van der Waals surface area contributed by atoms with Crippen LogP contribution in [0.1, 0.15) is 39.9 Å². The van der Waals surface area contributed by atoms with Gasteiger partial charge in [0.05, 0.1) is 6.26 Å². The van der Waals surface area contributed by atoms with E-state index in [-0.39, 0.29) is 18.0 Å². The summed E-state index contributed by atoms with van der Waals surface area (Å²) in [7, 11) is 0. The van der Waals surface area contributed by atoms with Crippen molar-refractivity contribution < 1.29 is 18.8 Å². The first-order chi connectivity index (χ1) is 10.2. The molecule has 2 N–H and O–H groups in total. The lowest BCUT2D eigenvalue weighted by Gasteiger charge is -2.25. The van der Waals surface area contributed by atoms with Gasteiger partial charge in [-0.3, -0.25) is 14.5 Å². The Morgan fingerprint density at radius 2 is 2.14 bits per heavy atom. The second-order valence-electron chi connectivity index (χ2n) is 6.21. The highest BCUT2D eigenvalue weighted by Crippen LogP contribution is 2.28. The van der Waals surface area contributed by atoms with Crippen molar-refractivity contribution in [3.8, 4) is 0 Å². The van der Waals surface area contributed by atoms with E-state index in [9.17, 15) is 14.4 Å². The lowest BCUT2D eigenvalue weighted by atomic mass is 9.99. The molecule has 1 atom stereocenters. The summed E-state index contributed by atoms with van der Waals surface area (Å²) in [5, 5.41) is 5.38. The number of nitrogens with one attached hydrogen (secondary N) is 2. The van der Waals surface area contributed by atoms with Crippen molar-refractivity contribution in [2.75, 3.05) is 6.54 Å². The molecule has 2 rings (SSSR count). The lowest BCUT2D eigenvalue weighted by Crippen LogP contribution is -2.49. The molecule has 1 fully saturated rings. The molecule has 7 nitrogen and oxygen atoms in total. The molecule has 120 valence electrons. The number of hydrogen-bond acceptors (Lipinski definition) is 4. The average molecular weight is 307 g/mol. The zero-order chi connectivity index (χ0) is 16.5. The summed E-state index contributed by atoms with van der Waals surface area (Å²) >= 11 is 0. The zero-order valence-corrected chi connectivity index (χ0v) is 13.2. The standard InChI is InChI=1S/C15H21N3O4/c1-5-14(2,3)16-11(19)9-18-12(20)15(4,17-13(18)21)10-7-6-8-22-10/h6-8H,5,9H2,1-4H3,(H,16,19)(H,17,21). The highest BCUT2D eigenvalue weighted by molar-refractivity contribution is 6.08. The first kappa shape index (κ1) is 16.1. The van der Waals surface area contributed by atoms with Crippen molar-refractivity contribution in [2.45, 2.75) is 45.2 Å². The van der Waals surface area contributed by atoms with Gasteiger partial charge in [0.2, 0.25) is 5.91 Å². The van der Waals surface area contributed by atoms with E-state index < -0.39 is 17.5 Å². The van der Waals surface area contributed by atoms with Gasteiger partial charge in [0, 0.05) is 5.54 Å². The first-order valence-corrected chi connectivity index (χ1v) is 7.19. The lowest BCUT2D eigenvalue weighted by molar-refractivity contribution is -0.135. The number of furan rings is 1. The van der Waals surface area contributed by atoms with Crippen LogP contribution in [0.2, 0.25) is 0 Å². The average Bonchev–Trinajstić information content (AvgIpc) is 3.03. The molecule has 1 aliphatic heterocycles. The maximum Gasteiger partial charge on any atom is 0.325 e. The topological polar surface area (TPSA) is 91.7 Å². The summed E-state index contributed by atoms with van der Waals surface area (Å²) in [5.41, 5.74) is -1.66. The molecule has 0 aliphatic carbocycles. The Bertz CT molecular complexity index is 594. The molecule has 0 aromatic carbocycles. The summed E-state index contributed by atoms with van der Waals surface area (Å²) in [6, 6.07) is 2.65. The number of rotatable bonds is 5. The number of carbonyl (C=O) groups excluding carboxylic acids is 3. The van der Waals surface area contributed by atoms with Crippen molar-refractivity contribution in [3.63, 3.8) is 0 Å². The quantitative estimate of drug-likeness (QED) is 0.803. The van der Waals surface area contributed by atoms with Gasteiger partial charge in [-0.1, -0.05) is 6.92 Å². The molecule has 0 saturated carbocycles. The van der Waals surface area contributed by atoms with Crippen LogP contribution < -0.4 is 10.6 Å². The van der Waals surface area contributed by atoms with E-state index in [1.165, 1.54) is 6.26 Å². The maximum absolute atomic E-state index is 12.5. The van der Waals surface area contributed by atoms with Crippen molar-refractivity contribution in [1.29, 1.82) is 0 Å². The third-order valence-corrected chi connectivity index (χ3v) is 3.95. The second-order valence-corrected chi connectivity index (χ2v) is 6.21. The van der Waals surface area contributed by atoms with Crippen molar-refractivity contribution in [2.24, 2.45) is 0 Å². The molecule has 1 aromatic heterocycles. The molecule has 1 unspecified atom stereocenters. The van der Waals surface area contributed by atoms with Crippen molar-refractivity contribution >= 4 is 17.8 Å². The third kappa shape index (κ3) is 2.84. The summed E-state index contributed by atoms with van der Waals surface area (Å²) in [4.78, 5) is 37.5. The summed E-state index contributed by atoms with van der Waals surface area (Å²) < 4.78 is 5.23. The van der Waals surface area contributed by atoms with Gasteiger partial charge < -0.3 is 15.1 Å². The van der Waals surface area contributed by atoms with Gasteiger partial charge in [-0.05, 0) is 39.3 Å². The van der Waals surface area contributed by atoms with Crippen molar-refractivity contribution in [3.05, 3.63) is 24.2 Å². The fourth-order valence-corrected chi connectivity index (χ4v) is 2.22. The Morgan fingerprint density at radius 1 is 1.45 bits per heavy atom. The summed E-state index contributed by atoms with van der Waals surface area (Å²) in [6.07, 6.45) is 2.17. The number of carbonyl (C=O) groups is 3. The Balaban J connectivity index is 2.12. The Hall–Kier alpha value is -2.31. The van der Waals surface area contributed by atoms with Crippen LogP contribution in [0.5, 0.6) is 0 Å². The fraction of sp³-hybridized carbons (Fsp3) is 0.533.